The molecular weight excluding hydrogens is 323 g/mol. The van der Waals surface area contributed by atoms with Crippen molar-refractivity contribution >= 4 is 22.4 Å². The Kier molecular flexibility index (Phi) is 5.80. The van der Waals surface area contributed by atoms with Crippen LogP contribution in [-0.4, -0.2) is 53.1 Å². The molecule has 0 atom stereocenters. The molecule has 0 amide bonds. The molecule has 0 bridgehead atoms. The first-order valence-corrected chi connectivity index (χ1v) is 7.46. The zero-order chi connectivity index (χ0) is 14.9. The molecule has 21 heavy (non-hydrogen) atoms. The Labute approximate surface area is 129 Å². The molecule has 6 nitrogen and oxygen atoms in total. The number of halogens is 2. The number of nitrogens with zero attached hydrogens (tertiary/aromatic N) is 1. The fraction of sp³-hybridized carbons (Fsp3) is 0.500. The molecule has 1 heterocycles. The highest BCUT2D eigenvalue weighted by Crippen LogP contribution is 2.33. The molecule has 0 aliphatic carbocycles. The molecule has 0 aromatic heterocycles. The maximum absolute atomic E-state index is 14.0. The van der Waals surface area contributed by atoms with Gasteiger partial charge in [0.25, 0.3) is 0 Å². The predicted molar refractivity (Wildman–Crippen MR) is 78.4 cm³/mol. The maximum atomic E-state index is 14.0. The van der Waals surface area contributed by atoms with Crippen LogP contribution in [0, 0.1) is 5.82 Å². The van der Waals surface area contributed by atoms with Crippen molar-refractivity contribution in [2.75, 3.05) is 34.4 Å². The van der Waals surface area contributed by atoms with Gasteiger partial charge in [-0.3, -0.25) is 0 Å². The minimum absolute atomic E-state index is 0. The number of hydrogen-bond donors (Lipinski definition) is 1. The average Bonchev–Trinajstić information content (AvgIpc) is 2.35. The van der Waals surface area contributed by atoms with Crippen LogP contribution < -0.4 is 14.8 Å². The lowest BCUT2D eigenvalue weighted by atomic mass is 10.2. The Balaban J connectivity index is 0.00000220. The van der Waals surface area contributed by atoms with Gasteiger partial charge in [-0.1, -0.05) is 0 Å². The van der Waals surface area contributed by atoms with Gasteiger partial charge in [0.2, 0.25) is 10.0 Å². The van der Waals surface area contributed by atoms with E-state index < -0.39 is 20.7 Å². The van der Waals surface area contributed by atoms with Crippen LogP contribution in [0.3, 0.4) is 0 Å². The summed E-state index contributed by atoms with van der Waals surface area (Å²) in [4.78, 5) is -0.412. The number of nitrogens with one attached hydrogen (secondary N) is 1. The largest absolute Gasteiger partial charge is 0.493 e. The number of benzene rings is 1. The minimum atomic E-state index is -3.90. The lowest BCUT2D eigenvalue weighted by Gasteiger charge is -2.34. The zero-order valence-corrected chi connectivity index (χ0v) is 13.6. The van der Waals surface area contributed by atoms with E-state index in [9.17, 15) is 12.8 Å². The van der Waals surface area contributed by atoms with Crippen LogP contribution in [0.5, 0.6) is 11.5 Å². The number of sulfonamides is 1. The Morgan fingerprint density at radius 3 is 2.19 bits per heavy atom. The number of likely N-dealkylation sites (N-methyl/N-ethyl adjacent to an activating group) is 1. The molecule has 0 radical (unpaired) electrons. The third-order valence-electron chi connectivity index (χ3n) is 3.37. The van der Waals surface area contributed by atoms with Gasteiger partial charge < -0.3 is 14.8 Å². The van der Waals surface area contributed by atoms with E-state index >= 15 is 0 Å². The van der Waals surface area contributed by atoms with E-state index in [0.717, 1.165) is 12.1 Å². The Morgan fingerprint density at radius 2 is 1.76 bits per heavy atom. The van der Waals surface area contributed by atoms with Crippen molar-refractivity contribution in [3.05, 3.63) is 17.9 Å². The molecule has 1 aromatic rings. The van der Waals surface area contributed by atoms with E-state index in [0.29, 0.717) is 13.1 Å². The molecule has 0 spiro atoms. The summed E-state index contributed by atoms with van der Waals surface area (Å²) in [5.41, 5.74) is 0. The molecule has 120 valence electrons. The SMILES string of the molecule is COc1cc(F)c(S(=O)(=O)N(C)C2CNC2)cc1OC.Cl. The van der Waals surface area contributed by atoms with Gasteiger partial charge in [-0.05, 0) is 0 Å². The van der Waals surface area contributed by atoms with Crippen molar-refractivity contribution in [1.82, 2.24) is 9.62 Å². The predicted octanol–water partition coefficient (Wildman–Crippen LogP) is 0.857. The van der Waals surface area contributed by atoms with Gasteiger partial charge >= 0.3 is 0 Å². The number of hydrogen-bond acceptors (Lipinski definition) is 5. The first-order chi connectivity index (χ1) is 9.41. The van der Waals surface area contributed by atoms with Crippen molar-refractivity contribution in [2.45, 2.75) is 10.9 Å². The van der Waals surface area contributed by atoms with Gasteiger partial charge in [-0.15, -0.1) is 12.4 Å². The quantitative estimate of drug-likeness (QED) is 0.861. The van der Waals surface area contributed by atoms with Crippen LogP contribution in [-0.2, 0) is 10.0 Å². The minimum Gasteiger partial charge on any atom is -0.493 e. The van der Waals surface area contributed by atoms with E-state index in [1.807, 2.05) is 0 Å². The van der Waals surface area contributed by atoms with Crippen molar-refractivity contribution < 1.29 is 22.3 Å². The zero-order valence-electron chi connectivity index (χ0n) is 11.9. The molecule has 9 heteroatoms. The van der Waals surface area contributed by atoms with Gasteiger partial charge in [0, 0.05) is 38.3 Å². The van der Waals surface area contributed by atoms with Gasteiger partial charge in [0.05, 0.1) is 14.2 Å². The highest BCUT2D eigenvalue weighted by Gasteiger charge is 2.34. The summed E-state index contributed by atoms with van der Waals surface area (Å²) in [6.45, 7) is 1.12. The third-order valence-corrected chi connectivity index (χ3v) is 5.29. The second kappa shape index (κ2) is 6.78. The van der Waals surface area contributed by atoms with E-state index in [2.05, 4.69) is 5.32 Å². The molecule has 2 rings (SSSR count). The van der Waals surface area contributed by atoms with Crippen molar-refractivity contribution in [1.29, 1.82) is 0 Å². The topological polar surface area (TPSA) is 67.9 Å². The van der Waals surface area contributed by atoms with Gasteiger partial charge in [-0.25, -0.2) is 12.8 Å². The van der Waals surface area contributed by atoms with Crippen LogP contribution in [0.1, 0.15) is 0 Å². The van der Waals surface area contributed by atoms with E-state index in [-0.39, 0.29) is 29.9 Å². The van der Waals surface area contributed by atoms with Crippen LogP contribution in [0.4, 0.5) is 4.39 Å². The monoisotopic (exact) mass is 340 g/mol. The number of rotatable bonds is 5. The summed E-state index contributed by atoms with van der Waals surface area (Å²) in [5.74, 6) is -0.536. The summed E-state index contributed by atoms with van der Waals surface area (Å²) in [6, 6.07) is 2.00. The Bertz CT molecular complexity index is 608. The normalized spacial score (nSPS) is 15.3. The highest BCUT2D eigenvalue weighted by molar-refractivity contribution is 7.89. The second-order valence-electron chi connectivity index (χ2n) is 4.47. The van der Waals surface area contributed by atoms with E-state index in [1.165, 1.54) is 25.6 Å². The lowest BCUT2D eigenvalue weighted by Crippen LogP contribution is -2.57. The van der Waals surface area contributed by atoms with Crippen molar-refractivity contribution in [3.8, 4) is 11.5 Å². The molecule has 1 aliphatic rings. The highest BCUT2D eigenvalue weighted by atomic mass is 35.5. The lowest BCUT2D eigenvalue weighted by molar-refractivity contribution is 0.273. The number of methoxy groups -OCH3 is 2. The summed E-state index contributed by atoms with van der Waals surface area (Å²) in [5, 5.41) is 2.98. The summed E-state index contributed by atoms with van der Waals surface area (Å²) in [6.07, 6.45) is 0. The molecule has 1 aromatic carbocycles. The second-order valence-corrected chi connectivity index (χ2v) is 6.44. The molecule has 1 N–H and O–H groups in total. The van der Waals surface area contributed by atoms with Gasteiger partial charge in [0.1, 0.15) is 10.7 Å². The van der Waals surface area contributed by atoms with Crippen LogP contribution in [0.15, 0.2) is 17.0 Å². The van der Waals surface area contributed by atoms with Crippen LogP contribution in [0.2, 0.25) is 0 Å². The first kappa shape index (κ1) is 18.0. The van der Waals surface area contributed by atoms with Crippen molar-refractivity contribution in [2.24, 2.45) is 0 Å². The fourth-order valence-electron chi connectivity index (χ4n) is 1.92. The van der Waals surface area contributed by atoms with Crippen LogP contribution >= 0.6 is 12.4 Å². The molecule has 1 aliphatic heterocycles. The Hall–Kier alpha value is -1.09. The van der Waals surface area contributed by atoms with Crippen LogP contribution in [0.25, 0.3) is 0 Å². The molecule has 0 saturated carbocycles. The molecule has 0 unspecified atom stereocenters. The van der Waals surface area contributed by atoms with E-state index in [4.69, 9.17) is 9.47 Å². The fourth-order valence-corrected chi connectivity index (χ4v) is 3.33. The standard InChI is InChI=1S/C12H17FN2O4S.ClH/c1-15(8-6-14-7-8)20(16,17)12-5-11(19-3)10(18-2)4-9(12)13;/h4-5,8,14H,6-7H2,1-3H3;1H. The summed E-state index contributed by atoms with van der Waals surface area (Å²) >= 11 is 0. The summed E-state index contributed by atoms with van der Waals surface area (Å²) < 4.78 is 50.0. The third kappa shape index (κ3) is 3.23. The molecule has 1 fully saturated rings. The number of ether oxygens (including phenoxy) is 2. The average molecular weight is 341 g/mol. The molecular formula is C12H18ClFN2O4S. The first-order valence-electron chi connectivity index (χ1n) is 6.02. The van der Waals surface area contributed by atoms with E-state index in [1.54, 1.807) is 0 Å². The maximum Gasteiger partial charge on any atom is 0.246 e. The van der Waals surface area contributed by atoms with Gasteiger partial charge in [0.15, 0.2) is 11.5 Å². The van der Waals surface area contributed by atoms with Crippen molar-refractivity contribution in [3.63, 3.8) is 0 Å². The van der Waals surface area contributed by atoms with Gasteiger partial charge in [-0.2, -0.15) is 4.31 Å². The molecule has 1 saturated heterocycles. The smallest absolute Gasteiger partial charge is 0.246 e. The Morgan fingerprint density at radius 1 is 1.24 bits per heavy atom. The summed E-state index contributed by atoms with van der Waals surface area (Å²) in [7, 11) is 0.262.